The van der Waals surface area contributed by atoms with Crippen molar-refractivity contribution in [1.82, 2.24) is 0 Å². The molecule has 3 atom stereocenters. The molecule has 0 N–H and O–H groups in total. The van der Waals surface area contributed by atoms with Gasteiger partial charge < -0.3 is 14.2 Å². The van der Waals surface area contributed by atoms with Crippen molar-refractivity contribution in [2.24, 2.45) is 5.92 Å². The first kappa shape index (κ1) is 12.9. The standard InChI is InChI=1S/C15H20O4/c1-4-5-10-7-15(8-13-14(2,3)19-13)12(6-11(10)16)17-9-18-15/h4,6,10,13H,1,5,7-9H2,2-3H3/t10-,13+,15-/m0/s1. The number of rotatable bonds is 4. The van der Waals surface area contributed by atoms with E-state index in [1.165, 1.54) is 0 Å². The second-order valence-electron chi connectivity index (χ2n) is 6.15. The zero-order valence-corrected chi connectivity index (χ0v) is 11.5. The molecule has 0 amide bonds. The molecule has 0 radical (unpaired) electrons. The molecule has 0 bridgehead atoms. The fourth-order valence-electron chi connectivity index (χ4n) is 3.05. The van der Waals surface area contributed by atoms with Crippen LogP contribution in [0.25, 0.3) is 0 Å². The number of allylic oxidation sites excluding steroid dienone is 2. The Morgan fingerprint density at radius 1 is 1.53 bits per heavy atom. The van der Waals surface area contributed by atoms with Crippen LogP contribution in [-0.4, -0.2) is 29.9 Å². The summed E-state index contributed by atoms with van der Waals surface area (Å²) in [5, 5.41) is 0. The van der Waals surface area contributed by atoms with Crippen LogP contribution in [0.3, 0.4) is 0 Å². The lowest BCUT2D eigenvalue weighted by Crippen LogP contribution is -2.40. The lowest BCUT2D eigenvalue weighted by molar-refractivity contribution is -0.122. The van der Waals surface area contributed by atoms with Gasteiger partial charge in [0.2, 0.25) is 0 Å². The van der Waals surface area contributed by atoms with Crippen LogP contribution in [0.1, 0.15) is 33.1 Å². The van der Waals surface area contributed by atoms with Crippen molar-refractivity contribution in [1.29, 1.82) is 0 Å². The van der Waals surface area contributed by atoms with Gasteiger partial charge in [-0.1, -0.05) is 6.08 Å². The van der Waals surface area contributed by atoms with Crippen molar-refractivity contribution in [3.05, 3.63) is 24.5 Å². The smallest absolute Gasteiger partial charge is 0.189 e. The van der Waals surface area contributed by atoms with Crippen LogP contribution in [0.4, 0.5) is 0 Å². The van der Waals surface area contributed by atoms with E-state index in [1.807, 2.05) is 0 Å². The molecule has 0 saturated carbocycles. The van der Waals surface area contributed by atoms with E-state index in [2.05, 4.69) is 20.4 Å². The van der Waals surface area contributed by atoms with Crippen LogP contribution in [0.15, 0.2) is 24.5 Å². The second kappa shape index (κ2) is 4.18. The van der Waals surface area contributed by atoms with Gasteiger partial charge in [0.05, 0.1) is 11.7 Å². The molecule has 4 nitrogen and oxygen atoms in total. The number of epoxide rings is 1. The summed E-state index contributed by atoms with van der Waals surface area (Å²) in [7, 11) is 0. The number of hydrogen-bond donors (Lipinski definition) is 0. The molecule has 2 saturated heterocycles. The quantitative estimate of drug-likeness (QED) is 0.577. The number of ketones is 1. The van der Waals surface area contributed by atoms with Crippen molar-refractivity contribution in [3.63, 3.8) is 0 Å². The highest BCUT2D eigenvalue weighted by Gasteiger charge is 2.57. The number of carbonyl (C=O) groups is 1. The molecule has 3 aliphatic rings. The van der Waals surface area contributed by atoms with E-state index in [-0.39, 0.29) is 30.2 Å². The number of hydrogen-bond acceptors (Lipinski definition) is 4. The topological polar surface area (TPSA) is 48.1 Å². The zero-order chi connectivity index (χ0) is 13.7. The molecular formula is C15H20O4. The Hall–Kier alpha value is -1.13. The van der Waals surface area contributed by atoms with Crippen LogP contribution in [-0.2, 0) is 19.0 Å². The Kier molecular flexibility index (Phi) is 2.84. The molecule has 1 aliphatic carbocycles. The first-order chi connectivity index (χ1) is 8.97. The van der Waals surface area contributed by atoms with Crippen LogP contribution in [0.5, 0.6) is 0 Å². The Labute approximate surface area is 113 Å². The van der Waals surface area contributed by atoms with Crippen molar-refractivity contribution in [3.8, 4) is 0 Å². The third-order valence-electron chi connectivity index (χ3n) is 4.38. The van der Waals surface area contributed by atoms with Crippen LogP contribution in [0, 0.1) is 5.92 Å². The van der Waals surface area contributed by atoms with Crippen molar-refractivity contribution < 1.29 is 19.0 Å². The van der Waals surface area contributed by atoms with Crippen LogP contribution in [0.2, 0.25) is 0 Å². The third kappa shape index (κ3) is 2.13. The molecule has 4 heteroatoms. The van der Waals surface area contributed by atoms with Gasteiger partial charge in [-0.25, -0.2) is 0 Å². The Morgan fingerprint density at radius 2 is 2.26 bits per heavy atom. The molecule has 0 aromatic rings. The summed E-state index contributed by atoms with van der Waals surface area (Å²) in [6, 6.07) is 0. The minimum atomic E-state index is -0.472. The monoisotopic (exact) mass is 264 g/mol. The van der Waals surface area contributed by atoms with Crippen molar-refractivity contribution >= 4 is 5.78 Å². The van der Waals surface area contributed by atoms with E-state index in [4.69, 9.17) is 14.2 Å². The van der Waals surface area contributed by atoms with E-state index in [9.17, 15) is 4.79 Å². The van der Waals surface area contributed by atoms with Gasteiger partial charge in [0.25, 0.3) is 0 Å². The third-order valence-corrected chi connectivity index (χ3v) is 4.38. The van der Waals surface area contributed by atoms with E-state index >= 15 is 0 Å². The Balaban J connectivity index is 1.83. The average molecular weight is 264 g/mol. The molecule has 0 aromatic heterocycles. The highest BCUT2D eigenvalue weighted by Crippen LogP contribution is 2.49. The number of carbonyl (C=O) groups excluding carboxylic acids is 1. The molecule has 0 unspecified atom stereocenters. The summed E-state index contributed by atoms with van der Waals surface area (Å²) in [5.41, 5.74) is -0.554. The molecule has 0 spiro atoms. The molecule has 2 aliphatic heterocycles. The highest BCUT2D eigenvalue weighted by atomic mass is 16.7. The van der Waals surface area contributed by atoms with Crippen LogP contribution < -0.4 is 0 Å². The maximum atomic E-state index is 12.0. The maximum absolute atomic E-state index is 12.0. The van der Waals surface area contributed by atoms with Gasteiger partial charge in [0.15, 0.2) is 12.6 Å². The fraction of sp³-hybridized carbons (Fsp3) is 0.667. The van der Waals surface area contributed by atoms with E-state index < -0.39 is 5.60 Å². The van der Waals surface area contributed by atoms with E-state index in [0.29, 0.717) is 18.6 Å². The molecule has 104 valence electrons. The molecule has 0 aromatic carbocycles. The minimum Gasteiger partial charge on any atom is -0.469 e. The van der Waals surface area contributed by atoms with E-state index in [1.54, 1.807) is 12.2 Å². The SMILES string of the molecule is C=CC[C@H]1C[C@@]2(C[C@H]3OC3(C)C)OCOC2=CC1=O. The average Bonchev–Trinajstić information content (AvgIpc) is 2.74. The highest BCUT2D eigenvalue weighted by molar-refractivity contribution is 5.93. The maximum Gasteiger partial charge on any atom is 0.189 e. The lowest BCUT2D eigenvalue weighted by atomic mass is 9.76. The summed E-state index contributed by atoms with van der Waals surface area (Å²) in [5.74, 6) is 0.751. The van der Waals surface area contributed by atoms with Crippen molar-refractivity contribution in [2.75, 3.05) is 6.79 Å². The van der Waals surface area contributed by atoms with Gasteiger partial charge in [-0.2, -0.15) is 0 Å². The van der Waals surface area contributed by atoms with Gasteiger partial charge in [-0.15, -0.1) is 6.58 Å². The van der Waals surface area contributed by atoms with E-state index in [0.717, 1.165) is 6.42 Å². The summed E-state index contributed by atoms with van der Waals surface area (Å²) < 4.78 is 17.0. The zero-order valence-electron chi connectivity index (χ0n) is 11.5. The largest absolute Gasteiger partial charge is 0.469 e. The number of fused-ring (bicyclic) bond motifs is 1. The van der Waals surface area contributed by atoms with Crippen LogP contribution >= 0.6 is 0 Å². The van der Waals surface area contributed by atoms with Gasteiger partial charge in [-0.3, -0.25) is 4.79 Å². The summed E-state index contributed by atoms with van der Waals surface area (Å²) in [6.45, 7) is 8.10. The van der Waals surface area contributed by atoms with Gasteiger partial charge >= 0.3 is 0 Å². The fourth-order valence-corrected chi connectivity index (χ4v) is 3.05. The summed E-state index contributed by atoms with van der Waals surface area (Å²) >= 11 is 0. The first-order valence-corrected chi connectivity index (χ1v) is 6.78. The molecule has 19 heavy (non-hydrogen) atoms. The van der Waals surface area contributed by atoms with Crippen molar-refractivity contribution in [2.45, 2.75) is 50.4 Å². The first-order valence-electron chi connectivity index (χ1n) is 6.78. The van der Waals surface area contributed by atoms with Gasteiger partial charge in [-0.05, 0) is 26.7 Å². The molecule has 2 fully saturated rings. The predicted octanol–water partition coefficient (Wildman–Crippen LogP) is 2.35. The summed E-state index contributed by atoms with van der Waals surface area (Å²) in [6.07, 6.45) is 5.69. The summed E-state index contributed by atoms with van der Waals surface area (Å²) in [4.78, 5) is 12.0. The normalized spacial score (nSPS) is 39.3. The van der Waals surface area contributed by atoms with Gasteiger partial charge in [0, 0.05) is 18.4 Å². The Bertz CT molecular complexity index is 451. The molecule has 3 rings (SSSR count). The molecular weight excluding hydrogens is 244 g/mol. The second-order valence-corrected chi connectivity index (χ2v) is 6.15. The minimum absolute atomic E-state index is 0.0511. The number of ether oxygens (including phenoxy) is 3. The lowest BCUT2D eigenvalue weighted by Gasteiger charge is -2.33. The Morgan fingerprint density at radius 3 is 2.89 bits per heavy atom. The molecule has 2 heterocycles. The van der Waals surface area contributed by atoms with Gasteiger partial charge in [0.1, 0.15) is 11.4 Å². The predicted molar refractivity (Wildman–Crippen MR) is 69.3 cm³/mol.